The van der Waals surface area contributed by atoms with E-state index in [2.05, 4.69) is 35.0 Å². The summed E-state index contributed by atoms with van der Waals surface area (Å²) in [5.74, 6) is 2.01. The van der Waals surface area contributed by atoms with Gasteiger partial charge in [0.05, 0.1) is 0 Å². The van der Waals surface area contributed by atoms with Gasteiger partial charge >= 0.3 is 0 Å². The van der Waals surface area contributed by atoms with Crippen LogP contribution in [-0.4, -0.2) is 55.0 Å². The molecule has 4 nitrogen and oxygen atoms in total. The van der Waals surface area contributed by atoms with Crippen LogP contribution in [0.25, 0.3) is 0 Å². The number of rotatable bonds is 7. The number of benzene rings is 1. The molecule has 0 spiro atoms. The molecule has 0 aromatic heterocycles. The van der Waals surface area contributed by atoms with E-state index in [1.165, 1.54) is 25.1 Å². The molecule has 2 fully saturated rings. The minimum absolute atomic E-state index is 0.164. The Balaban J connectivity index is 1.31. The van der Waals surface area contributed by atoms with Gasteiger partial charge in [-0.1, -0.05) is 43.6 Å². The van der Waals surface area contributed by atoms with Crippen molar-refractivity contribution in [2.24, 2.45) is 17.8 Å². The van der Waals surface area contributed by atoms with Crippen molar-refractivity contribution in [3.05, 3.63) is 34.9 Å². The van der Waals surface area contributed by atoms with Gasteiger partial charge in [0, 0.05) is 37.1 Å². The van der Waals surface area contributed by atoms with Gasteiger partial charge in [0.15, 0.2) is 0 Å². The van der Waals surface area contributed by atoms with E-state index in [9.17, 15) is 4.79 Å². The Labute approximate surface area is 175 Å². The highest BCUT2D eigenvalue weighted by atomic mass is 35.5. The minimum atomic E-state index is 0.164. The first-order chi connectivity index (χ1) is 13.5. The van der Waals surface area contributed by atoms with E-state index in [0.717, 1.165) is 68.8 Å². The van der Waals surface area contributed by atoms with Crippen molar-refractivity contribution in [3.8, 4) is 0 Å². The molecule has 1 aromatic rings. The van der Waals surface area contributed by atoms with Gasteiger partial charge in [0.1, 0.15) is 0 Å². The maximum absolute atomic E-state index is 12.5. The van der Waals surface area contributed by atoms with Crippen molar-refractivity contribution in [2.75, 3.05) is 39.3 Å². The Hall–Kier alpha value is -1.10. The number of nitrogens with zero attached hydrogens (tertiary/aromatic N) is 2. The first-order valence-corrected chi connectivity index (χ1v) is 11.3. The lowest BCUT2D eigenvalue weighted by Gasteiger charge is -2.35. The molecule has 28 heavy (non-hydrogen) atoms. The highest BCUT2D eigenvalue weighted by Crippen LogP contribution is 2.23. The molecule has 156 valence electrons. The van der Waals surface area contributed by atoms with Gasteiger partial charge in [-0.3, -0.25) is 9.69 Å². The Morgan fingerprint density at radius 2 is 1.79 bits per heavy atom. The number of piperidine rings is 2. The zero-order valence-electron chi connectivity index (χ0n) is 17.5. The maximum Gasteiger partial charge on any atom is 0.223 e. The molecule has 0 radical (unpaired) electrons. The van der Waals surface area contributed by atoms with E-state index in [1.807, 2.05) is 18.2 Å². The van der Waals surface area contributed by atoms with Gasteiger partial charge in [0.2, 0.25) is 5.91 Å². The quantitative estimate of drug-likeness (QED) is 0.695. The summed E-state index contributed by atoms with van der Waals surface area (Å²) in [6, 6.07) is 8.04. The van der Waals surface area contributed by atoms with E-state index >= 15 is 0 Å². The number of halogens is 1. The highest BCUT2D eigenvalue weighted by Gasteiger charge is 2.25. The van der Waals surface area contributed by atoms with Gasteiger partial charge in [-0.05, 0) is 68.8 Å². The third kappa shape index (κ3) is 6.47. The Kier molecular flexibility index (Phi) is 8.19. The molecule has 0 aliphatic carbocycles. The fraction of sp³-hybridized carbons (Fsp3) is 0.696. The van der Waals surface area contributed by atoms with E-state index in [-0.39, 0.29) is 11.8 Å². The van der Waals surface area contributed by atoms with Crippen molar-refractivity contribution in [1.82, 2.24) is 15.1 Å². The largest absolute Gasteiger partial charge is 0.356 e. The summed E-state index contributed by atoms with van der Waals surface area (Å²) in [5.41, 5.74) is 1.17. The van der Waals surface area contributed by atoms with Crippen LogP contribution in [0.4, 0.5) is 0 Å². The highest BCUT2D eigenvalue weighted by molar-refractivity contribution is 6.31. The number of amides is 1. The van der Waals surface area contributed by atoms with Gasteiger partial charge in [-0.15, -0.1) is 0 Å². The molecule has 2 heterocycles. The summed E-state index contributed by atoms with van der Waals surface area (Å²) in [6.07, 6.45) is 4.29. The van der Waals surface area contributed by atoms with Crippen LogP contribution in [-0.2, 0) is 11.3 Å². The van der Waals surface area contributed by atoms with Crippen molar-refractivity contribution in [2.45, 2.75) is 46.1 Å². The zero-order valence-corrected chi connectivity index (χ0v) is 18.3. The monoisotopic (exact) mass is 405 g/mol. The summed E-state index contributed by atoms with van der Waals surface area (Å²) in [4.78, 5) is 17.5. The standard InChI is InChI=1S/C23H36ClN3O/c1-18-14-19(2)16-27(15-18)11-5-10-25-23(28)20-8-12-26(13-9-20)17-21-6-3-4-7-22(21)24/h3-4,6-7,18-20H,5,8-17H2,1-2H3,(H,25,28)/t18-,19-/m0/s1. The first kappa shape index (κ1) is 21.6. The SMILES string of the molecule is C[C@H]1C[C@H](C)CN(CCCNC(=O)C2CCN(Cc3ccccc3Cl)CC2)C1. The van der Waals surface area contributed by atoms with Crippen LogP contribution in [0, 0.1) is 17.8 Å². The first-order valence-electron chi connectivity index (χ1n) is 11.0. The molecule has 0 saturated carbocycles. The molecule has 1 aromatic carbocycles. The molecule has 2 atom stereocenters. The second-order valence-electron chi connectivity index (χ2n) is 8.99. The van der Waals surface area contributed by atoms with Crippen LogP contribution < -0.4 is 5.32 Å². The zero-order chi connectivity index (χ0) is 19.9. The van der Waals surface area contributed by atoms with E-state index in [0.29, 0.717) is 0 Å². The summed E-state index contributed by atoms with van der Waals surface area (Å²) < 4.78 is 0. The van der Waals surface area contributed by atoms with Crippen LogP contribution in [0.1, 0.15) is 45.1 Å². The van der Waals surface area contributed by atoms with E-state index in [1.54, 1.807) is 0 Å². The molecular weight excluding hydrogens is 370 g/mol. The lowest BCUT2D eigenvalue weighted by molar-refractivity contribution is -0.126. The molecule has 0 bridgehead atoms. The predicted molar refractivity (Wildman–Crippen MR) is 116 cm³/mol. The van der Waals surface area contributed by atoms with Crippen molar-refractivity contribution in [3.63, 3.8) is 0 Å². The van der Waals surface area contributed by atoms with Crippen LogP contribution in [0.5, 0.6) is 0 Å². The lowest BCUT2D eigenvalue weighted by atomic mass is 9.92. The molecule has 2 aliphatic rings. The van der Waals surface area contributed by atoms with Crippen molar-refractivity contribution < 1.29 is 4.79 Å². The second kappa shape index (κ2) is 10.6. The average molecular weight is 406 g/mol. The minimum Gasteiger partial charge on any atom is -0.356 e. The molecule has 2 saturated heterocycles. The fourth-order valence-corrected chi connectivity index (χ4v) is 5.05. The number of carbonyl (C=O) groups excluding carboxylic acids is 1. The van der Waals surface area contributed by atoms with Crippen LogP contribution in [0.2, 0.25) is 5.02 Å². The number of likely N-dealkylation sites (tertiary alicyclic amines) is 2. The summed E-state index contributed by atoms with van der Waals surface area (Å²) in [6.45, 7) is 11.8. The molecule has 1 N–H and O–H groups in total. The second-order valence-corrected chi connectivity index (χ2v) is 9.40. The predicted octanol–water partition coefficient (Wildman–Crippen LogP) is 4.04. The summed E-state index contributed by atoms with van der Waals surface area (Å²) in [7, 11) is 0. The Morgan fingerprint density at radius 3 is 2.46 bits per heavy atom. The van der Waals surface area contributed by atoms with Crippen molar-refractivity contribution in [1.29, 1.82) is 0 Å². The molecular formula is C23H36ClN3O. The third-order valence-electron chi connectivity index (χ3n) is 6.20. The smallest absolute Gasteiger partial charge is 0.223 e. The average Bonchev–Trinajstić information content (AvgIpc) is 2.67. The maximum atomic E-state index is 12.5. The van der Waals surface area contributed by atoms with E-state index in [4.69, 9.17) is 11.6 Å². The number of carbonyl (C=O) groups is 1. The topological polar surface area (TPSA) is 35.6 Å². The van der Waals surface area contributed by atoms with Gasteiger partial charge < -0.3 is 10.2 Å². The van der Waals surface area contributed by atoms with Crippen molar-refractivity contribution >= 4 is 17.5 Å². The normalized spacial score (nSPS) is 25.0. The van der Waals surface area contributed by atoms with Crippen LogP contribution in [0.15, 0.2) is 24.3 Å². The van der Waals surface area contributed by atoms with Gasteiger partial charge in [0.25, 0.3) is 0 Å². The van der Waals surface area contributed by atoms with Gasteiger partial charge in [-0.25, -0.2) is 0 Å². The van der Waals surface area contributed by atoms with Gasteiger partial charge in [-0.2, -0.15) is 0 Å². The third-order valence-corrected chi connectivity index (χ3v) is 6.57. The Bertz CT molecular complexity index is 620. The molecule has 5 heteroatoms. The van der Waals surface area contributed by atoms with Crippen LogP contribution >= 0.6 is 11.6 Å². The number of nitrogens with one attached hydrogen (secondary N) is 1. The molecule has 0 unspecified atom stereocenters. The fourth-order valence-electron chi connectivity index (χ4n) is 4.85. The number of hydrogen-bond acceptors (Lipinski definition) is 3. The van der Waals surface area contributed by atoms with Crippen LogP contribution in [0.3, 0.4) is 0 Å². The number of hydrogen-bond donors (Lipinski definition) is 1. The lowest BCUT2D eigenvalue weighted by Crippen LogP contribution is -2.42. The molecule has 1 amide bonds. The summed E-state index contributed by atoms with van der Waals surface area (Å²) >= 11 is 6.27. The molecule has 2 aliphatic heterocycles. The van der Waals surface area contributed by atoms with E-state index < -0.39 is 0 Å². The summed E-state index contributed by atoms with van der Waals surface area (Å²) in [5, 5.41) is 4.02. The Morgan fingerprint density at radius 1 is 1.11 bits per heavy atom. The molecule has 3 rings (SSSR count).